The highest BCUT2D eigenvalue weighted by Gasteiger charge is 2.01. The molecule has 4 heteroatoms. The maximum absolute atomic E-state index is 5.16. The van der Waals surface area contributed by atoms with Gasteiger partial charge in [-0.3, -0.25) is 0 Å². The lowest BCUT2D eigenvalue weighted by Crippen LogP contribution is -2.13. The Kier molecular flexibility index (Phi) is 4.30. The van der Waals surface area contributed by atoms with Crippen LogP contribution in [0.25, 0.3) is 0 Å². The average molecular weight is 232 g/mol. The molecule has 1 heterocycles. The van der Waals surface area contributed by atoms with Gasteiger partial charge in [0.2, 0.25) is 0 Å². The number of aromatic nitrogens is 1. The van der Waals surface area contributed by atoms with Crippen LogP contribution in [-0.2, 0) is 24.4 Å². The van der Waals surface area contributed by atoms with Crippen LogP contribution in [0.4, 0.5) is 0 Å². The number of methoxy groups -OCH3 is 1. The molecule has 1 N–H and O–H groups in total. The average Bonchev–Trinajstić information content (AvgIpc) is 2.85. The van der Waals surface area contributed by atoms with Gasteiger partial charge in [0.1, 0.15) is 5.76 Å². The fourth-order valence-corrected chi connectivity index (χ4v) is 1.68. The van der Waals surface area contributed by atoms with Crippen molar-refractivity contribution in [2.45, 2.75) is 19.7 Å². The fourth-order valence-electron chi connectivity index (χ4n) is 1.68. The van der Waals surface area contributed by atoms with E-state index in [1.165, 1.54) is 17.5 Å². The van der Waals surface area contributed by atoms with Gasteiger partial charge in [0, 0.05) is 13.7 Å². The monoisotopic (exact) mass is 232 g/mol. The maximum Gasteiger partial charge on any atom is 0.180 e. The molecule has 1 aromatic carbocycles. The van der Waals surface area contributed by atoms with E-state index in [0.29, 0.717) is 13.2 Å². The van der Waals surface area contributed by atoms with E-state index in [1.54, 1.807) is 13.3 Å². The van der Waals surface area contributed by atoms with Gasteiger partial charge in [-0.25, -0.2) is 4.98 Å². The van der Waals surface area contributed by atoms with Crippen molar-refractivity contribution >= 4 is 0 Å². The molecule has 0 bridgehead atoms. The first-order chi connectivity index (χ1) is 8.40. The Bertz CT molecular complexity index is 440. The van der Waals surface area contributed by atoms with E-state index in [-0.39, 0.29) is 0 Å². The molecule has 0 aliphatic carbocycles. The lowest BCUT2D eigenvalue weighted by Gasteiger charge is -2.09. The lowest BCUT2D eigenvalue weighted by molar-refractivity contribution is 0.184. The zero-order valence-corrected chi connectivity index (χ0v) is 9.85. The quantitative estimate of drug-likeness (QED) is 0.828. The third-order valence-electron chi connectivity index (χ3n) is 2.52. The van der Waals surface area contributed by atoms with Gasteiger partial charge in [0.15, 0.2) is 6.39 Å². The number of hydrogen-bond acceptors (Lipinski definition) is 4. The molecule has 0 amide bonds. The molecule has 0 saturated heterocycles. The van der Waals surface area contributed by atoms with Crippen molar-refractivity contribution < 1.29 is 9.15 Å². The van der Waals surface area contributed by atoms with Crippen molar-refractivity contribution in [2.24, 2.45) is 0 Å². The molecular weight excluding hydrogens is 216 g/mol. The van der Waals surface area contributed by atoms with Crippen LogP contribution in [0.15, 0.2) is 41.3 Å². The van der Waals surface area contributed by atoms with Gasteiger partial charge >= 0.3 is 0 Å². The molecule has 4 nitrogen and oxygen atoms in total. The number of ether oxygens (including phenoxy) is 1. The first-order valence-corrected chi connectivity index (χ1v) is 5.54. The number of nitrogens with one attached hydrogen (secondary N) is 1. The molecular formula is C13H16N2O2. The van der Waals surface area contributed by atoms with Crippen molar-refractivity contribution in [2.75, 3.05) is 7.11 Å². The molecule has 0 radical (unpaired) electrons. The van der Waals surface area contributed by atoms with E-state index in [4.69, 9.17) is 9.15 Å². The van der Waals surface area contributed by atoms with Crippen molar-refractivity contribution in [1.29, 1.82) is 0 Å². The summed E-state index contributed by atoms with van der Waals surface area (Å²) in [5.41, 5.74) is 2.45. The van der Waals surface area contributed by atoms with Crippen LogP contribution in [0.2, 0.25) is 0 Å². The summed E-state index contributed by atoms with van der Waals surface area (Å²) in [6, 6.07) is 8.23. The Hall–Kier alpha value is -1.65. The zero-order valence-electron chi connectivity index (χ0n) is 9.85. The number of oxazole rings is 1. The van der Waals surface area contributed by atoms with Crippen molar-refractivity contribution in [3.8, 4) is 0 Å². The van der Waals surface area contributed by atoms with Crippen LogP contribution in [0, 0.1) is 0 Å². The van der Waals surface area contributed by atoms with Gasteiger partial charge in [-0.1, -0.05) is 24.3 Å². The second-order valence-corrected chi connectivity index (χ2v) is 3.77. The van der Waals surface area contributed by atoms with E-state index < -0.39 is 0 Å². The van der Waals surface area contributed by atoms with Crippen LogP contribution >= 0.6 is 0 Å². The van der Waals surface area contributed by atoms with Gasteiger partial charge in [-0.15, -0.1) is 0 Å². The highest BCUT2D eigenvalue weighted by molar-refractivity contribution is 5.26. The summed E-state index contributed by atoms with van der Waals surface area (Å²) in [6.07, 6.45) is 3.16. The van der Waals surface area contributed by atoms with Gasteiger partial charge in [-0.05, 0) is 11.1 Å². The predicted octanol–water partition coefficient (Wildman–Crippen LogP) is 2.11. The molecule has 0 fully saturated rings. The second kappa shape index (κ2) is 6.18. The summed E-state index contributed by atoms with van der Waals surface area (Å²) in [7, 11) is 1.71. The molecule has 0 atom stereocenters. The van der Waals surface area contributed by atoms with Crippen LogP contribution in [0.1, 0.15) is 16.9 Å². The zero-order chi connectivity index (χ0) is 11.9. The normalized spacial score (nSPS) is 10.6. The Morgan fingerprint density at radius 1 is 1.24 bits per heavy atom. The molecule has 0 spiro atoms. The summed E-state index contributed by atoms with van der Waals surface area (Å²) in [4.78, 5) is 3.87. The maximum atomic E-state index is 5.16. The van der Waals surface area contributed by atoms with E-state index in [9.17, 15) is 0 Å². The summed E-state index contributed by atoms with van der Waals surface area (Å²) in [5, 5.41) is 3.31. The topological polar surface area (TPSA) is 47.3 Å². The number of nitrogens with zero attached hydrogens (tertiary/aromatic N) is 1. The van der Waals surface area contributed by atoms with Gasteiger partial charge in [-0.2, -0.15) is 0 Å². The van der Waals surface area contributed by atoms with Crippen LogP contribution in [0.3, 0.4) is 0 Å². The minimum absolute atomic E-state index is 0.639. The highest BCUT2D eigenvalue weighted by atomic mass is 16.5. The standard InChI is InChI=1S/C13H16N2O2/c1-16-9-12-5-3-2-4-11(12)6-14-7-13-8-15-10-17-13/h2-5,8,10,14H,6-7,9H2,1H3. The Morgan fingerprint density at radius 3 is 2.76 bits per heavy atom. The number of rotatable bonds is 6. The lowest BCUT2D eigenvalue weighted by atomic mass is 10.1. The van der Waals surface area contributed by atoms with Crippen LogP contribution in [0.5, 0.6) is 0 Å². The third kappa shape index (κ3) is 3.41. The third-order valence-corrected chi connectivity index (χ3v) is 2.52. The summed E-state index contributed by atoms with van der Waals surface area (Å²) in [6.45, 7) is 2.11. The van der Waals surface area contributed by atoms with Crippen LogP contribution < -0.4 is 5.32 Å². The van der Waals surface area contributed by atoms with Gasteiger partial charge < -0.3 is 14.5 Å². The molecule has 0 aliphatic heterocycles. The smallest absolute Gasteiger partial charge is 0.180 e. The Balaban J connectivity index is 1.89. The molecule has 0 saturated carbocycles. The first kappa shape index (κ1) is 11.8. The van der Waals surface area contributed by atoms with Crippen molar-refractivity contribution in [3.63, 3.8) is 0 Å². The molecule has 1 aromatic heterocycles. The van der Waals surface area contributed by atoms with E-state index in [2.05, 4.69) is 22.4 Å². The largest absolute Gasteiger partial charge is 0.447 e. The van der Waals surface area contributed by atoms with Crippen LogP contribution in [-0.4, -0.2) is 12.1 Å². The highest BCUT2D eigenvalue weighted by Crippen LogP contribution is 2.09. The van der Waals surface area contributed by atoms with Gasteiger partial charge in [0.25, 0.3) is 0 Å². The molecule has 0 unspecified atom stereocenters. The van der Waals surface area contributed by atoms with E-state index in [1.807, 2.05) is 12.1 Å². The molecule has 2 aromatic rings. The van der Waals surface area contributed by atoms with Gasteiger partial charge in [0.05, 0.1) is 19.3 Å². The molecule has 17 heavy (non-hydrogen) atoms. The molecule has 90 valence electrons. The number of hydrogen-bond donors (Lipinski definition) is 1. The van der Waals surface area contributed by atoms with Crippen molar-refractivity contribution in [1.82, 2.24) is 10.3 Å². The first-order valence-electron chi connectivity index (χ1n) is 5.54. The number of benzene rings is 1. The van der Waals surface area contributed by atoms with E-state index in [0.717, 1.165) is 12.3 Å². The molecule has 2 rings (SSSR count). The summed E-state index contributed by atoms with van der Waals surface area (Å²) < 4.78 is 10.3. The second-order valence-electron chi connectivity index (χ2n) is 3.77. The van der Waals surface area contributed by atoms with Crippen molar-refractivity contribution in [3.05, 3.63) is 53.7 Å². The predicted molar refractivity (Wildman–Crippen MR) is 64.2 cm³/mol. The fraction of sp³-hybridized carbons (Fsp3) is 0.308. The Labute approximate surface area is 101 Å². The molecule has 0 aliphatic rings. The summed E-state index contributed by atoms with van der Waals surface area (Å²) in [5.74, 6) is 0.842. The minimum Gasteiger partial charge on any atom is -0.447 e. The summed E-state index contributed by atoms with van der Waals surface area (Å²) >= 11 is 0. The minimum atomic E-state index is 0.639. The SMILES string of the molecule is COCc1ccccc1CNCc1cnco1. The van der Waals surface area contributed by atoms with E-state index >= 15 is 0 Å². The Morgan fingerprint density at radius 2 is 2.06 bits per heavy atom.